The zero-order valence-corrected chi connectivity index (χ0v) is 83.9. The van der Waals surface area contributed by atoms with E-state index in [0.717, 1.165) is 0 Å². The van der Waals surface area contributed by atoms with Crippen molar-refractivity contribution < 1.29 is 194 Å². The molecule has 1 heterocycles. The lowest BCUT2D eigenvalue weighted by molar-refractivity contribution is 0.0146. The van der Waals surface area contributed by atoms with Crippen LogP contribution in [0.2, 0.25) is 0 Å². The lowest BCUT2D eigenvalue weighted by Crippen LogP contribution is -2.41. The third-order valence-electron chi connectivity index (χ3n) is 18.5. The summed E-state index contributed by atoms with van der Waals surface area (Å²) in [6, 6.07) is 16.2. The van der Waals surface area contributed by atoms with Gasteiger partial charge in [-0.05, 0) is 77.4 Å². The van der Waals surface area contributed by atoms with Gasteiger partial charge in [-0.25, -0.2) is 0 Å². The van der Waals surface area contributed by atoms with Gasteiger partial charge in [-0.15, -0.1) is 0 Å². The summed E-state index contributed by atoms with van der Waals surface area (Å²) < 4.78 is 231. The highest BCUT2D eigenvalue weighted by Crippen LogP contribution is 2.46. The van der Waals surface area contributed by atoms with Gasteiger partial charge in [0.2, 0.25) is 23.0 Å². The molecule has 0 radical (unpaired) electrons. The molecular weight excluding hydrogens is 1860 g/mol. The Morgan fingerprint density at radius 3 is 0.539 bits per heavy atom. The maximum absolute atomic E-state index is 15.1. The van der Waals surface area contributed by atoms with Gasteiger partial charge in [0.15, 0.2) is 46.0 Å². The van der Waals surface area contributed by atoms with Gasteiger partial charge in [0, 0.05) is 87.5 Å². The monoisotopic (exact) mass is 2020 g/mol. The fourth-order valence-corrected chi connectivity index (χ4v) is 11.6. The van der Waals surface area contributed by atoms with Crippen LogP contribution < -0.4 is 67.7 Å². The number of methoxy groups -OCH3 is 9. The van der Waals surface area contributed by atoms with Gasteiger partial charge in [-0.2, -0.15) is 0 Å². The standard InChI is InChI=1S/C97H155N3O41/c1-103-14-23-112-32-41-121-50-59-130-84-68-79(69-85(131-60-51-122-42-33-113-24-15-104-2)92(84)136-65-56-127-47-38-118-29-20-109-7)76-139-90-74-83(97(102)100-99-96(101)82-10-12-98-13-11-82)75-91(140-77-80-70-86(132-61-52-123-43-34-114-25-16-105-3)93(137-66-57-128-48-39-119-30-21-110-8)87(71-80)133-62-53-124-44-35-115-26-17-106-4)95(90)141-78-81-72-88(134-63-54-125-45-36-116-27-18-107-5)94(138-67-58-129-49-40-120-31-22-111-9)89(73-81)135-64-55-126-46-37-117-28-19-108-6/h10-13,68-75H,14-67,76-78H2,1-9H3,(H,99,101)(H,100,102). The molecule has 0 aliphatic carbocycles. The molecule has 0 saturated heterocycles. The van der Waals surface area contributed by atoms with Crippen molar-refractivity contribution in [1.29, 1.82) is 0 Å². The maximum Gasteiger partial charge on any atom is 0.269 e. The molecule has 0 unspecified atom stereocenters. The minimum Gasteiger partial charge on any atom is -0.487 e. The molecule has 0 spiro atoms. The number of ether oxygens (including phenoxy) is 39. The van der Waals surface area contributed by atoms with Crippen molar-refractivity contribution in [3.8, 4) is 69.0 Å². The van der Waals surface area contributed by atoms with Crippen molar-refractivity contribution >= 4 is 11.8 Å². The molecule has 2 amide bonds. The number of rotatable bonds is 101. The zero-order chi connectivity index (χ0) is 100. The van der Waals surface area contributed by atoms with E-state index >= 15 is 4.79 Å². The summed E-state index contributed by atoms with van der Waals surface area (Å²) in [5, 5.41) is 0. The minimum atomic E-state index is -0.824. The van der Waals surface area contributed by atoms with E-state index in [1.165, 1.54) is 36.7 Å². The number of nitrogens with one attached hydrogen (secondary N) is 2. The molecule has 44 nitrogen and oxygen atoms in total. The Morgan fingerprint density at radius 2 is 0.340 bits per heavy atom. The van der Waals surface area contributed by atoms with E-state index < -0.39 is 11.8 Å². The van der Waals surface area contributed by atoms with Gasteiger partial charge >= 0.3 is 0 Å². The lowest BCUT2D eigenvalue weighted by atomic mass is 10.1. The average molecular weight is 2020 g/mol. The van der Waals surface area contributed by atoms with Crippen LogP contribution in [-0.4, -0.2) is 438 Å². The predicted octanol–water partition coefficient (Wildman–Crippen LogP) is 6.42. The molecule has 5 aromatic rings. The molecule has 0 saturated carbocycles. The zero-order valence-electron chi connectivity index (χ0n) is 83.9. The maximum atomic E-state index is 15.1. The second kappa shape index (κ2) is 88.0. The van der Waals surface area contributed by atoms with Crippen LogP contribution in [0.3, 0.4) is 0 Å². The molecule has 0 aliphatic rings. The summed E-state index contributed by atoms with van der Waals surface area (Å²) in [6.07, 6.45) is 2.88. The molecule has 804 valence electrons. The van der Waals surface area contributed by atoms with Crippen LogP contribution in [0.15, 0.2) is 73.1 Å². The Hall–Kier alpha value is -8.51. The molecule has 2 N–H and O–H groups in total. The first-order valence-electron chi connectivity index (χ1n) is 47.2. The van der Waals surface area contributed by atoms with Crippen LogP contribution in [-0.2, 0) is 148 Å². The largest absolute Gasteiger partial charge is 0.487 e. The highest BCUT2D eigenvalue weighted by atomic mass is 16.6. The molecule has 1 aromatic heterocycles. The lowest BCUT2D eigenvalue weighted by Gasteiger charge is -2.22. The van der Waals surface area contributed by atoms with Crippen LogP contribution in [0.5, 0.6) is 69.0 Å². The topological polar surface area (TPSA) is 431 Å². The van der Waals surface area contributed by atoms with Crippen molar-refractivity contribution in [3.05, 3.63) is 101 Å². The number of benzene rings is 4. The molecule has 0 bridgehead atoms. The smallest absolute Gasteiger partial charge is 0.269 e. The Morgan fingerprint density at radius 1 is 0.184 bits per heavy atom. The molecule has 0 fully saturated rings. The van der Waals surface area contributed by atoms with E-state index in [4.69, 9.17) is 185 Å². The molecule has 0 atom stereocenters. The van der Waals surface area contributed by atoms with Crippen molar-refractivity contribution in [1.82, 2.24) is 15.8 Å². The van der Waals surface area contributed by atoms with E-state index in [1.807, 2.05) is 0 Å². The van der Waals surface area contributed by atoms with Gasteiger partial charge < -0.3 is 185 Å². The normalized spacial score (nSPS) is 11.3. The number of carbonyl (C=O) groups is 2. The summed E-state index contributed by atoms with van der Waals surface area (Å²) in [7, 11) is 14.4. The first-order valence-corrected chi connectivity index (χ1v) is 47.2. The Bertz CT molecular complexity index is 3550. The quantitative estimate of drug-likeness (QED) is 0.0313. The fourth-order valence-electron chi connectivity index (χ4n) is 11.6. The van der Waals surface area contributed by atoms with Crippen molar-refractivity contribution in [2.45, 2.75) is 19.8 Å². The van der Waals surface area contributed by atoms with E-state index in [1.54, 1.807) is 100 Å². The number of nitrogens with zero attached hydrogens (tertiary/aromatic N) is 1. The molecule has 5 rings (SSSR count). The fraction of sp³-hybridized carbons (Fsp3) is 0.680. The van der Waals surface area contributed by atoms with Gasteiger partial charge in [0.25, 0.3) is 11.8 Å². The Kier molecular flexibility index (Phi) is 76.8. The molecular formula is C97H155N3O41. The van der Waals surface area contributed by atoms with Gasteiger partial charge in [-0.1, -0.05) is 0 Å². The predicted molar refractivity (Wildman–Crippen MR) is 509 cm³/mol. The van der Waals surface area contributed by atoms with Gasteiger partial charge in [0.05, 0.1) is 297 Å². The van der Waals surface area contributed by atoms with Gasteiger partial charge in [-0.3, -0.25) is 25.4 Å². The Labute approximate surface area is 829 Å². The average Bonchev–Trinajstić information content (AvgIpc) is 0.797. The summed E-state index contributed by atoms with van der Waals surface area (Å²) in [5.41, 5.74) is 6.51. The number of hydrogen-bond acceptors (Lipinski definition) is 42. The third-order valence-corrected chi connectivity index (χ3v) is 18.5. The highest BCUT2D eigenvalue weighted by Gasteiger charge is 2.26. The highest BCUT2D eigenvalue weighted by molar-refractivity contribution is 5.99. The summed E-state index contributed by atoms with van der Waals surface area (Å²) in [5.74, 6) is 0.283. The number of aromatic nitrogens is 1. The van der Waals surface area contributed by atoms with Crippen LogP contribution in [0.1, 0.15) is 37.4 Å². The van der Waals surface area contributed by atoms with E-state index in [2.05, 4.69) is 15.8 Å². The minimum absolute atomic E-state index is 0.0247. The van der Waals surface area contributed by atoms with E-state index in [0.29, 0.717) is 195 Å². The second-order valence-electron chi connectivity index (χ2n) is 29.2. The first kappa shape index (κ1) is 123. The Balaban J connectivity index is 1.81. The van der Waals surface area contributed by atoms with Crippen LogP contribution in [0.25, 0.3) is 0 Å². The van der Waals surface area contributed by atoms with Gasteiger partial charge in [0.1, 0.15) is 79.3 Å². The number of amides is 2. The first-order chi connectivity index (χ1) is 69.6. The summed E-state index contributed by atoms with van der Waals surface area (Å²) >= 11 is 0. The van der Waals surface area contributed by atoms with E-state index in [9.17, 15) is 4.79 Å². The van der Waals surface area contributed by atoms with Crippen molar-refractivity contribution in [2.75, 3.05) is 421 Å². The summed E-state index contributed by atoms with van der Waals surface area (Å²) in [4.78, 5) is 33.0. The van der Waals surface area contributed by atoms with Crippen molar-refractivity contribution in [2.24, 2.45) is 0 Å². The SMILES string of the molecule is COCCOCCOCCOc1cc(COc2cc(C(=O)NNC(=O)c3ccncc3)cc(OCc3cc(OCCOCCOCCOC)c(OCCOCCOCCOC)c(OCCOCCOCCOC)c3)c2OCc2cc(OCCOCCOCCOC)c(OCCOCCOCCOC)c(OCCOCCOCCOC)c2)cc(OCCOCCOCCOC)c1OCCOCCOCCOC. The van der Waals surface area contributed by atoms with Crippen LogP contribution in [0.4, 0.5) is 0 Å². The summed E-state index contributed by atoms with van der Waals surface area (Å²) in [6.45, 7) is 13.0. The number of carbonyl (C=O) groups excluding carboxylic acids is 2. The second-order valence-corrected chi connectivity index (χ2v) is 29.2. The number of hydrogen-bond donors (Lipinski definition) is 2. The number of pyridine rings is 1. The third kappa shape index (κ3) is 60.8. The molecule has 44 heteroatoms. The molecule has 4 aromatic carbocycles. The number of hydrazine groups is 1. The van der Waals surface area contributed by atoms with E-state index in [-0.39, 0.29) is 278 Å². The van der Waals surface area contributed by atoms with Crippen molar-refractivity contribution in [3.63, 3.8) is 0 Å². The van der Waals surface area contributed by atoms with Crippen LogP contribution in [0, 0.1) is 0 Å². The van der Waals surface area contributed by atoms with Crippen LogP contribution >= 0.6 is 0 Å². The molecule has 141 heavy (non-hydrogen) atoms. The molecule has 0 aliphatic heterocycles.